The van der Waals surface area contributed by atoms with Gasteiger partial charge in [0.05, 0.1) is 10.7 Å². The Morgan fingerprint density at radius 2 is 2.00 bits per heavy atom. The van der Waals surface area contributed by atoms with Gasteiger partial charge in [-0.2, -0.15) is 0 Å². The van der Waals surface area contributed by atoms with E-state index in [2.05, 4.69) is 10.3 Å². The van der Waals surface area contributed by atoms with Gasteiger partial charge in [-0.25, -0.2) is 9.78 Å². The number of carbonyl (C=O) groups is 2. The smallest absolute Gasteiger partial charge is 0.342 e. The van der Waals surface area contributed by atoms with E-state index in [0.717, 1.165) is 17.1 Å². The molecule has 8 heteroatoms. The van der Waals surface area contributed by atoms with Crippen LogP contribution in [0.2, 0.25) is 0 Å². The van der Waals surface area contributed by atoms with E-state index < -0.39 is 5.97 Å². The first-order chi connectivity index (χ1) is 13.6. The molecule has 1 aromatic carbocycles. The quantitative estimate of drug-likeness (QED) is 0.539. The highest BCUT2D eigenvalue weighted by atomic mass is 32.1. The highest BCUT2D eigenvalue weighted by molar-refractivity contribution is 7.10. The number of para-hydroxylation sites is 1. The molecule has 3 aromatic rings. The van der Waals surface area contributed by atoms with Crippen LogP contribution in [0.1, 0.15) is 25.9 Å². The largest absolute Gasteiger partial charge is 0.486 e. The molecule has 0 atom stereocenters. The van der Waals surface area contributed by atoms with Crippen LogP contribution in [0.4, 0.5) is 0 Å². The summed E-state index contributed by atoms with van der Waals surface area (Å²) in [5.41, 5.74) is 1.08. The van der Waals surface area contributed by atoms with Gasteiger partial charge in [0.2, 0.25) is 0 Å². The average molecular weight is 417 g/mol. The van der Waals surface area contributed by atoms with Crippen LogP contribution in [0.5, 0.6) is 5.75 Å². The Morgan fingerprint density at radius 3 is 2.75 bits per heavy atom. The molecule has 0 radical (unpaired) electrons. The summed E-state index contributed by atoms with van der Waals surface area (Å²) >= 11 is 3.18. The number of ether oxygens (including phenoxy) is 2. The van der Waals surface area contributed by atoms with Gasteiger partial charge in [0.25, 0.3) is 5.91 Å². The van der Waals surface area contributed by atoms with Gasteiger partial charge in [-0.05, 0) is 36.9 Å². The Morgan fingerprint density at radius 1 is 1.14 bits per heavy atom. The summed E-state index contributed by atoms with van der Waals surface area (Å²) in [6.07, 6.45) is 0.754. The van der Waals surface area contributed by atoms with Crippen LogP contribution in [0, 0.1) is 6.92 Å². The first-order valence-corrected chi connectivity index (χ1v) is 10.5. The number of aryl methyl sites for hydroxylation is 1. The first-order valence-electron chi connectivity index (χ1n) is 8.71. The third-order valence-electron chi connectivity index (χ3n) is 3.76. The summed E-state index contributed by atoms with van der Waals surface area (Å²) in [6.45, 7) is 2.36. The maximum atomic E-state index is 12.4. The van der Waals surface area contributed by atoms with Crippen LogP contribution in [0.3, 0.4) is 0 Å². The molecule has 146 valence electrons. The number of esters is 1. The van der Waals surface area contributed by atoms with E-state index >= 15 is 0 Å². The fourth-order valence-electron chi connectivity index (χ4n) is 2.43. The molecular formula is C20H20N2O4S2. The van der Waals surface area contributed by atoms with E-state index in [9.17, 15) is 9.59 Å². The van der Waals surface area contributed by atoms with Crippen LogP contribution < -0.4 is 10.1 Å². The Balaban J connectivity index is 1.47. The van der Waals surface area contributed by atoms with E-state index in [1.165, 1.54) is 4.88 Å². The molecule has 0 bridgehead atoms. The zero-order valence-electron chi connectivity index (χ0n) is 15.3. The zero-order valence-corrected chi connectivity index (χ0v) is 17.0. The van der Waals surface area contributed by atoms with Crippen molar-refractivity contribution in [3.63, 3.8) is 0 Å². The monoisotopic (exact) mass is 416 g/mol. The van der Waals surface area contributed by atoms with E-state index in [1.54, 1.807) is 46.9 Å². The summed E-state index contributed by atoms with van der Waals surface area (Å²) in [4.78, 5) is 29.8. The molecule has 2 heterocycles. The van der Waals surface area contributed by atoms with Crippen molar-refractivity contribution in [2.24, 2.45) is 0 Å². The summed E-state index contributed by atoms with van der Waals surface area (Å²) < 4.78 is 10.8. The van der Waals surface area contributed by atoms with Crippen LogP contribution in [0.25, 0.3) is 0 Å². The second-order valence-corrected chi connectivity index (χ2v) is 7.99. The fraction of sp³-hybridized carbons (Fsp3) is 0.250. The summed E-state index contributed by atoms with van der Waals surface area (Å²) in [5.74, 6) is -0.532. The summed E-state index contributed by atoms with van der Waals surface area (Å²) in [6, 6.07) is 10.8. The third-order valence-corrected chi connectivity index (χ3v) is 5.52. The van der Waals surface area contributed by atoms with Crippen molar-refractivity contribution in [1.82, 2.24) is 10.3 Å². The number of benzene rings is 1. The highest BCUT2D eigenvalue weighted by Gasteiger charge is 2.15. The minimum atomic E-state index is -0.599. The second kappa shape index (κ2) is 10.0. The van der Waals surface area contributed by atoms with Gasteiger partial charge in [-0.15, -0.1) is 22.7 Å². The van der Waals surface area contributed by atoms with Crippen LogP contribution >= 0.6 is 22.7 Å². The van der Waals surface area contributed by atoms with Crippen molar-refractivity contribution in [2.75, 3.05) is 13.2 Å². The minimum absolute atomic E-state index is 0.262. The van der Waals surface area contributed by atoms with Gasteiger partial charge < -0.3 is 14.8 Å². The number of thiophene rings is 1. The van der Waals surface area contributed by atoms with Gasteiger partial charge in [-0.3, -0.25) is 4.79 Å². The predicted octanol–water partition coefficient (Wildman–Crippen LogP) is 3.61. The van der Waals surface area contributed by atoms with Crippen molar-refractivity contribution >= 4 is 34.6 Å². The van der Waals surface area contributed by atoms with Crippen LogP contribution in [-0.4, -0.2) is 30.0 Å². The molecule has 1 amide bonds. The van der Waals surface area contributed by atoms with E-state index in [4.69, 9.17) is 9.47 Å². The average Bonchev–Trinajstić information content (AvgIpc) is 3.36. The normalized spacial score (nSPS) is 10.5. The van der Waals surface area contributed by atoms with Crippen molar-refractivity contribution in [3.05, 3.63) is 68.3 Å². The van der Waals surface area contributed by atoms with Crippen molar-refractivity contribution in [3.8, 4) is 5.75 Å². The lowest BCUT2D eigenvalue weighted by molar-refractivity contribution is -0.124. The van der Waals surface area contributed by atoms with Gasteiger partial charge in [0, 0.05) is 16.8 Å². The lowest BCUT2D eigenvalue weighted by Gasteiger charge is -2.10. The minimum Gasteiger partial charge on any atom is -0.486 e. The standard InChI is InChI=1S/C20H20N2O4S2/c1-14-22-15(13-28-14)11-25-18-7-3-2-6-17(18)20(24)26-12-19(23)21-9-8-16-5-4-10-27-16/h2-7,10,13H,8-9,11-12H2,1H3,(H,21,23). The number of rotatable bonds is 9. The van der Waals surface area contributed by atoms with Crippen molar-refractivity contribution < 1.29 is 19.1 Å². The predicted molar refractivity (Wildman–Crippen MR) is 109 cm³/mol. The highest BCUT2D eigenvalue weighted by Crippen LogP contribution is 2.21. The van der Waals surface area contributed by atoms with Gasteiger partial charge >= 0.3 is 5.97 Å². The molecule has 0 saturated carbocycles. The van der Waals surface area contributed by atoms with Gasteiger partial charge in [-0.1, -0.05) is 18.2 Å². The lowest BCUT2D eigenvalue weighted by Crippen LogP contribution is -2.30. The maximum absolute atomic E-state index is 12.4. The number of carbonyl (C=O) groups excluding carboxylic acids is 2. The Hall–Kier alpha value is -2.71. The molecule has 0 aliphatic carbocycles. The van der Waals surface area contributed by atoms with Gasteiger partial charge in [0.1, 0.15) is 17.9 Å². The van der Waals surface area contributed by atoms with E-state index in [1.807, 2.05) is 29.8 Å². The number of amides is 1. The molecule has 0 saturated heterocycles. The fourth-order valence-corrected chi connectivity index (χ4v) is 3.73. The number of hydrogen-bond acceptors (Lipinski definition) is 7. The van der Waals surface area contributed by atoms with Crippen molar-refractivity contribution in [2.45, 2.75) is 20.0 Å². The Bertz CT molecular complexity index is 922. The van der Waals surface area contributed by atoms with E-state index in [0.29, 0.717) is 12.3 Å². The molecule has 0 unspecified atom stereocenters. The topological polar surface area (TPSA) is 77.5 Å². The van der Waals surface area contributed by atoms with Gasteiger partial charge in [0.15, 0.2) is 6.61 Å². The SMILES string of the molecule is Cc1nc(COc2ccccc2C(=O)OCC(=O)NCCc2cccs2)cs1. The number of nitrogens with zero attached hydrogens (tertiary/aromatic N) is 1. The lowest BCUT2D eigenvalue weighted by atomic mass is 10.2. The van der Waals surface area contributed by atoms with Crippen molar-refractivity contribution in [1.29, 1.82) is 0 Å². The number of hydrogen-bond donors (Lipinski definition) is 1. The number of nitrogens with one attached hydrogen (secondary N) is 1. The molecular weight excluding hydrogens is 396 g/mol. The van der Waals surface area contributed by atoms with E-state index in [-0.39, 0.29) is 24.7 Å². The second-order valence-electron chi connectivity index (χ2n) is 5.90. The Labute approximate surface area is 171 Å². The molecule has 3 rings (SSSR count). The molecule has 0 aliphatic rings. The summed E-state index contributed by atoms with van der Waals surface area (Å²) in [5, 5.41) is 7.61. The first kappa shape index (κ1) is 20.0. The molecule has 0 aliphatic heterocycles. The third kappa shape index (κ3) is 5.90. The molecule has 2 aromatic heterocycles. The zero-order chi connectivity index (χ0) is 19.8. The molecule has 6 nitrogen and oxygen atoms in total. The Kier molecular flexibility index (Phi) is 7.16. The van der Waals surface area contributed by atoms with Crippen LogP contribution in [0.15, 0.2) is 47.2 Å². The number of aromatic nitrogens is 1. The van der Waals surface area contributed by atoms with Crippen LogP contribution in [-0.2, 0) is 22.6 Å². The molecule has 1 N–H and O–H groups in total. The summed E-state index contributed by atoms with van der Waals surface area (Å²) in [7, 11) is 0. The molecule has 0 fully saturated rings. The molecule has 28 heavy (non-hydrogen) atoms. The number of thiazole rings is 1. The maximum Gasteiger partial charge on any atom is 0.342 e. The molecule has 0 spiro atoms.